The van der Waals surface area contributed by atoms with Crippen molar-refractivity contribution in [3.05, 3.63) is 29.0 Å². The number of halogens is 2. The lowest BCUT2D eigenvalue weighted by Crippen LogP contribution is -2.33. The number of nitrogens with zero attached hydrogens (tertiary/aromatic N) is 2. The highest BCUT2D eigenvalue weighted by Gasteiger charge is 2.15. The minimum atomic E-state index is -0.0828. The molecule has 1 heterocycles. The van der Waals surface area contributed by atoms with Crippen molar-refractivity contribution in [1.82, 2.24) is 14.9 Å². The molecule has 0 atom stereocenters. The highest BCUT2D eigenvalue weighted by atomic mass is 35.5. The summed E-state index contributed by atoms with van der Waals surface area (Å²) < 4.78 is 1.77. The fourth-order valence-electron chi connectivity index (χ4n) is 1.97. The molecular formula is C13H15Cl2N3O. The van der Waals surface area contributed by atoms with E-state index in [2.05, 4.69) is 10.3 Å². The molecule has 0 aliphatic carbocycles. The molecule has 102 valence electrons. The zero-order valence-electron chi connectivity index (χ0n) is 10.8. The number of carbonyl (C=O) groups excluding carboxylic acids is 1. The molecule has 0 radical (unpaired) electrons. The SMILES string of the molecule is CC(C)NC(=O)Cn1c(CCl)nc2cccc(Cl)c21. The summed E-state index contributed by atoms with van der Waals surface area (Å²) in [5, 5.41) is 3.41. The molecule has 0 aliphatic rings. The van der Waals surface area contributed by atoms with Gasteiger partial charge < -0.3 is 9.88 Å². The number of rotatable bonds is 4. The number of amides is 1. The quantitative estimate of drug-likeness (QED) is 0.882. The number of nitrogens with one attached hydrogen (secondary N) is 1. The average molecular weight is 300 g/mol. The van der Waals surface area contributed by atoms with Gasteiger partial charge in [0.1, 0.15) is 12.4 Å². The summed E-state index contributed by atoms with van der Waals surface area (Å²) in [7, 11) is 0. The number of para-hydroxylation sites is 1. The van der Waals surface area contributed by atoms with Gasteiger partial charge in [0.05, 0.1) is 21.9 Å². The summed E-state index contributed by atoms with van der Waals surface area (Å²) in [5.41, 5.74) is 1.50. The number of aromatic nitrogens is 2. The van der Waals surface area contributed by atoms with Crippen LogP contribution < -0.4 is 5.32 Å². The number of fused-ring (bicyclic) bond motifs is 1. The third-order valence-electron chi connectivity index (χ3n) is 2.67. The van der Waals surface area contributed by atoms with E-state index in [0.717, 1.165) is 11.0 Å². The van der Waals surface area contributed by atoms with Gasteiger partial charge in [0.15, 0.2) is 0 Å². The fourth-order valence-corrected chi connectivity index (χ4v) is 2.45. The molecule has 1 aromatic heterocycles. The van der Waals surface area contributed by atoms with Gasteiger partial charge in [-0.3, -0.25) is 4.79 Å². The van der Waals surface area contributed by atoms with Crippen LogP contribution in [0.25, 0.3) is 11.0 Å². The molecule has 1 aromatic carbocycles. The van der Waals surface area contributed by atoms with Crippen LogP contribution in [-0.2, 0) is 17.2 Å². The number of imidazole rings is 1. The highest BCUT2D eigenvalue weighted by Crippen LogP contribution is 2.25. The normalized spacial score (nSPS) is 11.2. The Kier molecular flexibility index (Phi) is 4.32. The first kappa shape index (κ1) is 14.2. The van der Waals surface area contributed by atoms with E-state index in [0.29, 0.717) is 10.8 Å². The third-order valence-corrected chi connectivity index (χ3v) is 3.21. The number of alkyl halides is 1. The van der Waals surface area contributed by atoms with Gasteiger partial charge >= 0.3 is 0 Å². The Bertz CT molecular complexity index is 607. The molecule has 2 aromatic rings. The van der Waals surface area contributed by atoms with Crippen molar-refractivity contribution in [2.75, 3.05) is 0 Å². The molecule has 1 amide bonds. The Morgan fingerprint density at radius 1 is 1.47 bits per heavy atom. The van der Waals surface area contributed by atoms with Crippen molar-refractivity contribution in [3.8, 4) is 0 Å². The lowest BCUT2D eigenvalue weighted by molar-refractivity contribution is -0.122. The van der Waals surface area contributed by atoms with Crippen LogP contribution in [0.5, 0.6) is 0 Å². The molecule has 2 rings (SSSR count). The average Bonchev–Trinajstić information content (AvgIpc) is 2.67. The van der Waals surface area contributed by atoms with E-state index in [-0.39, 0.29) is 24.4 Å². The first-order valence-electron chi connectivity index (χ1n) is 6.02. The van der Waals surface area contributed by atoms with E-state index in [4.69, 9.17) is 23.2 Å². The summed E-state index contributed by atoms with van der Waals surface area (Å²) in [4.78, 5) is 16.3. The van der Waals surface area contributed by atoms with E-state index in [1.165, 1.54) is 0 Å². The predicted octanol–water partition coefficient (Wildman–Crippen LogP) is 2.95. The minimum absolute atomic E-state index is 0.0828. The van der Waals surface area contributed by atoms with Gasteiger partial charge in [-0.15, -0.1) is 11.6 Å². The van der Waals surface area contributed by atoms with Gasteiger partial charge in [-0.2, -0.15) is 0 Å². The van der Waals surface area contributed by atoms with E-state index >= 15 is 0 Å². The third kappa shape index (κ3) is 3.01. The molecule has 0 aliphatic heterocycles. The molecule has 0 spiro atoms. The number of hydrogen-bond acceptors (Lipinski definition) is 2. The van der Waals surface area contributed by atoms with Gasteiger partial charge in [-0.25, -0.2) is 4.98 Å². The van der Waals surface area contributed by atoms with Crippen LogP contribution in [0.4, 0.5) is 0 Å². The van der Waals surface area contributed by atoms with Crippen LogP contribution in [0, 0.1) is 0 Å². The van der Waals surface area contributed by atoms with Crippen molar-refractivity contribution in [2.45, 2.75) is 32.3 Å². The second-order valence-corrected chi connectivity index (χ2v) is 5.25. The van der Waals surface area contributed by atoms with Crippen molar-refractivity contribution >= 4 is 40.1 Å². The standard InChI is InChI=1S/C13H15Cl2N3O/c1-8(2)16-12(19)7-18-11(6-14)17-10-5-3-4-9(15)13(10)18/h3-5,8H,6-7H2,1-2H3,(H,16,19). The van der Waals surface area contributed by atoms with Gasteiger partial charge in [-0.1, -0.05) is 17.7 Å². The maximum absolute atomic E-state index is 11.9. The highest BCUT2D eigenvalue weighted by molar-refractivity contribution is 6.35. The molecule has 0 unspecified atom stereocenters. The molecule has 19 heavy (non-hydrogen) atoms. The van der Waals surface area contributed by atoms with Gasteiger partial charge in [0.25, 0.3) is 0 Å². The molecule has 0 bridgehead atoms. The molecule has 0 fully saturated rings. The number of benzene rings is 1. The Balaban J connectivity index is 2.43. The maximum Gasteiger partial charge on any atom is 0.240 e. The summed E-state index contributed by atoms with van der Waals surface area (Å²) in [6, 6.07) is 5.56. The monoisotopic (exact) mass is 299 g/mol. The van der Waals surface area contributed by atoms with E-state index < -0.39 is 0 Å². The largest absolute Gasteiger partial charge is 0.352 e. The van der Waals surface area contributed by atoms with Crippen LogP contribution in [0.3, 0.4) is 0 Å². The Morgan fingerprint density at radius 3 is 2.84 bits per heavy atom. The molecule has 4 nitrogen and oxygen atoms in total. The van der Waals surface area contributed by atoms with Gasteiger partial charge in [-0.05, 0) is 26.0 Å². The lowest BCUT2D eigenvalue weighted by atomic mass is 10.3. The molecular weight excluding hydrogens is 285 g/mol. The summed E-state index contributed by atoms with van der Waals surface area (Å²) >= 11 is 12.1. The molecule has 6 heteroatoms. The van der Waals surface area contributed by atoms with Crippen molar-refractivity contribution in [3.63, 3.8) is 0 Å². The zero-order valence-corrected chi connectivity index (χ0v) is 12.3. The van der Waals surface area contributed by atoms with Crippen LogP contribution in [0.15, 0.2) is 18.2 Å². The van der Waals surface area contributed by atoms with Gasteiger partial charge in [0.2, 0.25) is 5.91 Å². The van der Waals surface area contributed by atoms with Crippen molar-refractivity contribution in [1.29, 1.82) is 0 Å². The second kappa shape index (κ2) is 5.80. The topological polar surface area (TPSA) is 46.9 Å². The van der Waals surface area contributed by atoms with Gasteiger partial charge in [0, 0.05) is 6.04 Å². The first-order valence-corrected chi connectivity index (χ1v) is 6.93. The molecule has 1 N–H and O–H groups in total. The molecule has 0 saturated heterocycles. The molecule has 0 saturated carbocycles. The summed E-state index contributed by atoms with van der Waals surface area (Å²) in [6.45, 7) is 4.00. The number of carbonyl (C=O) groups is 1. The number of hydrogen-bond donors (Lipinski definition) is 1. The Hall–Kier alpha value is -1.26. The minimum Gasteiger partial charge on any atom is -0.352 e. The van der Waals surface area contributed by atoms with Crippen LogP contribution in [0.2, 0.25) is 5.02 Å². The Morgan fingerprint density at radius 2 is 2.21 bits per heavy atom. The van der Waals surface area contributed by atoms with E-state index in [1.54, 1.807) is 10.6 Å². The fraction of sp³-hybridized carbons (Fsp3) is 0.385. The van der Waals surface area contributed by atoms with Crippen LogP contribution in [-0.4, -0.2) is 21.5 Å². The van der Waals surface area contributed by atoms with Crippen LogP contribution >= 0.6 is 23.2 Å². The van der Waals surface area contributed by atoms with Crippen molar-refractivity contribution in [2.24, 2.45) is 0 Å². The van der Waals surface area contributed by atoms with E-state index in [1.807, 2.05) is 26.0 Å². The smallest absolute Gasteiger partial charge is 0.240 e. The first-order chi connectivity index (χ1) is 9.02. The van der Waals surface area contributed by atoms with Crippen molar-refractivity contribution < 1.29 is 4.79 Å². The predicted molar refractivity (Wildman–Crippen MR) is 77.6 cm³/mol. The summed E-state index contributed by atoms with van der Waals surface area (Å²) in [6.07, 6.45) is 0. The summed E-state index contributed by atoms with van der Waals surface area (Å²) in [5.74, 6) is 0.796. The Labute approximate surface area is 121 Å². The second-order valence-electron chi connectivity index (χ2n) is 4.58. The van der Waals surface area contributed by atoms with Crippen LogP contribution in [0.1, 0.15) is 19.7 Å². The van der Waals surface area contributed by atoms with E-state index in [9.17, 15) is 4.79 Å². The maximum atomic E-state index is 11.9. The lowest BCUT2D eigenvalue weighted by Gasteiger charge is -2.11. The zero-order chi connectivity index (χ0) is 14.0.